The van der Waals surface area contributed by atoms with Gasteiger partial charge in [0.05, 0.1) is 19.1 Å². The lowest BCUT2D eigenvalue weighted by atomic mass is 10.1. The maximum absolute atomic E-state index is 12.2. The first-order chi connectivity index (χ1) is 12.8. The Kier molecular flexibility index (Phi) is 6.59. The summed E-state index contributed by atoms with van der Waals surface area (Å²) in [5, 5.41) is 2.65. The van der Waals surface area contributed by atoms with Crippen LogP contribution in [0.3, 0.4) is 0 Å². The highest BCUT2D eigenvalue weighted by atomic mass is 32.2. The standard InChI is InChI=1S/C19H22N2O5S/c1-13-5-7-15(12-18(13)27(23,24)20-2)21-19(22)10-6-14-11-16(25-3)8-9-17(14)26-4/h5-12,20H,1-4H3,(H,21,22)/b10-6+. The third-order valence-electron chi connectivity index (χ3n) is 3.87. The molecule has 0 saturated carbocycles. The Morgan fingerprint density at radius 3 is 2.44 bits per heavy atom. The summed E-state index contributed by atoms with van der Waals surface area (Å²) in [6.07, 6.45) is 2.93. The van der Waals surface area contributed by atoms with E-state index in [0.717, 1.165) is 0 Å². The molecular weight excluding hydrogens is 368 g/mol. The van der Waals surface area contributed by atoms with Crippen molar-refractivity contribution in [3.63, 3.8) is 0 Å². The number of amides is 1. The molecule has 0 saturated heterocycles. The molecule has 1 amide bonds. The van der Waals surface area contributed by atoms with Crippen molar-refractivity contribution >= 4 is 27.7 Å². The van der Waals surface area contributed by atoms with Gasteiger partial charge in [0, 0.05) is 17.3 Å². The first kappa shape index (κ1) is 20.5. The molecule has 0 aliphatic rings. The number of ether oxygens (including phenoxy) is 2. The van der Waals surface area contributed by atoms with E-state index in [1.165, 1.54) is 26.3 Å². The fourth-order valence-corrected chi connectivity index (χ4v) is 3.39. The van der Waals surface area contributed by atoms with Crippen LogP contribution >= 0.6 is 0 Å². The number of aryl methyl sites for hydroxylation is 1. The van der Waals surface area contributed by atoms with E-state index < -0.39 is 15.9 Å². The Hall–Kier alpha value is -2.84. The lowest BCUT2D eigenvalue weighted by molar-refractivity contribution is -0.111. The molecule has 144 valence electrons. The molecule has 0 bridgehead atoms. The molecule has 0 fully saturated rings. The summed E-state index contributed by atoms with van der Waals surface area (Å²) in [5.41, 5.74) is 1.63. The molecule has 0 aliphatic heterocycles. The number of carbonyl (C=O) groups excluding carboxylic acids is 1. The minimum absolute atomic E-state index is 0.112. The quantitative estimate of drug-likeness (QED) is 0.709. The van der Waals surface area contributed by atoms with Gasteiger partial charge in [-0.2, -0.15) is 0 Å². The van der Waals surface area contributed by atoms with Crippen LogP contribution in [0.15, 0.2) is 47.4 Å². The van der Waals surface area contributed by atoms with Gasteiger partial charge in [0.15, 0.2) is 0 Å². The molecule has 2 N–H and O–H groups in total. The second-order valence-electron chi connectivity index (χ2n) is 5.62. The van der Waals surface area contributed by atoms with Crippen molar-refractivity contribution in [3.8, 4) is 11.5 Å². The van der Waals surface area contributed by atoms with Crippen molar-refractivity contribution in [2.75, 3.05) is 26.6 Å². The van der Waals surface area contributed by atoms with Crippen LogP contribution in [-0.2, 0) is 14.8 Å². The van der Waals surface area contributed by atoms with Gasteiger partial charge in [0.25, 0.3) is 0 Å². The molecule has 0 unspecified atom stereocenters. The van der Waals surface area contributed by atoms with Crippen molar-refractivity contribution in [1.29, 1.82) is 0 Å². The Morgan fingerprint density at radius 2 is 1.81 bits per heavy atom. The molecule has 2 aromatic rings. The normalized spacial score (nSPS) is 11.4. The van der Waals surface area contributed by atoms with Crippen LogP contribution in [0.4, 0.5) is 5.69 Å². The second kappa shape index (κ2) is 8.70. The van der Waals surface area contributed by atoms with E-state index in [-0.39, 0.29) is 4.90 Å². The minimum atomic E-state index is -3.61. The average molecular weight is 390 g/mol. The van der Waals surface area contributed by atoms with Gasteiger partial charge in [-0.25, -0.2) is 13.1 Å². The smallest absolute Gasteiger partial charge is 0.248 e. The minimum Gasteiger partial charge on any atom is -0.497 e. The zero-order valence-electron chi connectivity index (χ0n) is 15.6. The van der Waals surface area contributed by atoms with Gasteiger partial charge in [-0.3, -0.25) is 4.79 Å². The largest absolute Gasteiger partial charge is 0.497 e. The van der Waals surface area contributed by atoms with E-state index >= 15 is 0 Å². The molecule has 7 nitrogen and oxygen atoms in total. The molecule has 0 atom stereocenters. The maximum atomic E-state index is 12.2. The Balaban J connectivity index is 2.22. The number of benzene rings is 2. The summed E-state index contributed by atoms with van der Waals surface area (Å²) in [7, 11) is 0.817. The number of hydrogen-bond acceptors (Lipinski definition) is 5. The van der Waals surface area contributed by atoms with Crippen molar-refractivity contribution < 1.29 is 22.7 Å². The Bertz CT molecular complexity index is 968. The molecule has 8 heteroatoms. The summed E-state index contributed by atoms with van der Waals surface area (Å²) in [6.45, 7) is 1.69. The summed E-state index contributed by atoms with van der Waals surface area (Å²) in [4.78, 5) is 12.3. The lowest BCUT2D eigenvalue weighted by Crippen LogP contribution is -2.20. The first-order valence-electron chi connectivity index (χ1n) is 8.06. The summed E-state index contributed by atoms with van der Waals surface area (Å²) < 4.78 is 36.8. The fraction of sp³-hybridized carbons (Fsp3) is 0.211. The molecule has 0 heterocycles. The highest BCUT2D eigenvalue weighted by Crippen LogP contribution is 2.25. The van der Waals surface area contributed by atoms with E-state index in [4.69, 9.17) is 9.47 Å². The molecule has 2 aromatic carbocycles. The summed E-state index contributed by atoms with van der Waals surface area (Å²) >= 11 is 0. The fourth-order valence-electron chi connectivity index (χ4n) is 2.40. The third kappa shape index (κ3) is 5.08. The van der Waals surface area contributed by atoms with Gasteiger partial charge in [-0.1, -0.05) is 6.07 Å². The van der Waals surface area contributed by atoms with E-state index in [9.17, 15) is 13.2 Å². The molecule has 0 aliphatic carbocycles. The molecule has 0 aromatic heterocycles. The van der Waals surface area contributed by atoms with Crippen molar-refractivity contribution in [2.45, 2.75) is 11.8 Å². The first-order valence-corrected chi connectivity index (χ1v) is 9.54. The average Bonchev–Trinajstić information content (AvgIpc) is 2.67. The number of nitrogens with one attached hydrogen (secondary N) is 2. The van der Waals surface area contributed by atoms with Crippen molar-refractivity contribution in [2.24, 2.45) is 0 Å². The summed E-state index contributed by atoms with van der Waals surface area (Å²) in [6, 6.07) is 9.93. The molecular formula is C19H22N2O5S. The van der Waals surface area contributed by atoms with Gasteiger partial charge in [0.2, 0.25) is 15.9 Å². The van der Waals surface area contributed by atoms with Crippen LogP contribution in [0.5, 0.6) is 11.5 Å². The van der Waals surface area contributed by atoms with Crippen LogP contribution in [0.25, 0.3) is 6.08 Å². The number of rotatable bonds is 7. The van der Waals surface area contributed by atoms with Gasteiger partial charge < -0.3 is 14.8 Å². The number of anilines is 1. The van der Waals surface area contributed by atoms with Gasteiger partial charge in [0.1, 0.15) is 11.5 Å². The van der Waals surface area contributed by atoms with Gasteiger partial charge in [-0.15, -0.1) is 0 Å². The van der Waals surface area contributed by atoms with Crippen LogP contribution < -0.4 is 19.5 Å². The predicted octanol–water partition coefficient (Wildman–Crippen LogP) is 2.57. The van der Waals surface area contributed by atoms with Gasteiger partial charge in [-0.05, 0) is 55.9 Å². The zero-order valence-corrected chi connectivity index (χ0v) is 16.4. The lowest BCUT2D eigenvalue weighted by Gasteiger charge is -2.10. The highest BCUT2D eigenvalue weighted by molar-refractivity contribution is 7.89. The topological polar surface area (TPSA) is 93.7 Å². The number of hydrogen-bond donors (Lipinski definition) is 2. The molecule has 0 radical (unpaired) electrons. The number of sulfonamides is 1. The van der Waals surface area contributed by atoms with Crippen molar-refractivity contribution in [1.82, 2.24) is 4.72 Å². The predicted molar refractivity (Wildman–Crippen MR) is 105 cm³/mol. The maximum Gasteiger partial charge on any atom is 0.248 e. The van der Waals surface area contributed by atoms with Crippen LogP contribution in [0.1, 0.15) is 11.1 Å². The number of methoxy groups -OCH3 is 2. The second-order valence-corrected chi connectivity index (χ2v) is 7.47. The van der Waals surface area contributed by atoms with E-state index in [0.29, 0.717) is 28.3 Å². The monoisotopic (exact) mass is 390 g/mol. The third-order valence-corrected chi connectivity index (χ3v) is 5.42. The highest BCUT2D eigenvalue weighted by Gasteiger charge is 2.15. The molecule has 27 heavy (non-hydrogen) atoms. The van der Waals surface area contributed by atoms with Crippen LogP contribution in [0, 0.1) is 6.92 Å². The SMILES string of the molecule is CNS(=O)(=O)c1cc(NC(=O)/C=C/c2cc(OC)ccc2OC)ccc1C. The zero-order chi connectivity index (χ0) is 20.0. The van der Waals surface area contributed by atoms with E-state index in [2.05, 4.69) is 10.0 Å². The van der Waals surface area contributed by atoms with Gasteiger partial charge >= 0.3 is 0 Å². The molecule has 2 rings (SSSR count). The van der Waals surface area contributed by atoms with E-state index in [1.54, 1.807) is 50.4 Å². The van der Waals surface area contributed by atoms with Crippen LogP contribution in [-0.4, -0.2) is 35.6 Å². The molecule has 0 spiro atoms. The Morgan fingerprint density at radius 1 is 1.07 bits per heavy atom. The summed E-state index contributed by atoms with van der Waals surface area (Å²) in [5.74, 6) is 0.824. The van der Waals surface area contributed by atoms with Crippen molar-refractivity contribution in [3.05, 3.63) is 53.6 Å². The van der Waals surface area contributed by atoms with Crippen LogP contribution in [0.2, 0.25) is 0 Å². The Labute approximate surface area is 159 Å². The number of carbonyl (C=O) groups is 1. The van der Waals surface area contributed by atoms with E-state index in [1.807, 2.05) is 0 Å².